The molecule has 0 aliphatic heterocycles. The van der Waals surface area contributed by atoms with E-state index >= 15 is 0 Å². The standard InChI is InChI=1S/C22H22F3N3O5S3/c1-4-33-20(30)18-12(2)13(3)35-19(18)28-17(29)8-6-10-36(31,32)21-26-14(15-7-5-9-34-15)11-16(27-21)22(23,24)25/h5,7,9,11H,4,6,8,10H2,1-3H3,(H,28,29). The molecule has 0 aromatic carbocycles. The number of hydrogen-bond acceptors (Lipinski definition) is 9. The Morgan fingerprint density at radius 1 is 1.19 bits per heavy atom. The van der Waals surface area contributed by atoms with Gasteiger partial charge in [-0.1, -0.05) is 6.07 Å². The number of sulfone groups is 1. The molecule has 1 amide bonds. The molecule has 8 nitrogen and oxygen atoms in total. The van der Waals surface area contributed by atoms with Gasteiger partial charge in [-0.25, -0.2) is 23.2 Å². The molecule has 0 unspecified atom stereocenters. The van der Waals surface area contributed by atoms with Crippen molar-refractivity contribution in [1.82, 2.24) is 9.97 Å². The van der Waals surface area contributed by atoms with Gasteiger partial charge < -0.3 is 10.1 Å². The zero-order valence-electron chi connectivity index (χ0n) is 19.4. The summed E-state index contributed by atoms with van der Waals surface area (Å²) in [5.41, 5.74) is -0.621. The molecule has 3 heterocycles. The summed E-state index contributed by atoms with van der Waals surface area (Å²) in [5.74, 6) is -1.78. The number of nitrogens with zero attached hydrogens (tertiary/aromatic N) is 2. The average Bonchev–Trinajstić information content (AvgIpc) is 3.41. The van der Waals surface area contributed by atoms with Crippen molar-refractivity contribution >= 4 is 49.4 Å². The number of carbonyl (C=O) groups is 2. The van der Waals surface area contributed by atoms with Crippen LogP contribution >= 0.6 is 22.7 Å². The molecule has 0 bridgehead atoms. The van der Waals surface area contributed by atoms with E-state index in [0.29, 0.717) is 16.5 Å². The lowest BCUT2D eigenvalue weighted by Crippen LogP contribution is -2.18. The van der Waals surface area contributed by atoms with Gasteiger partial charge in [0.05, 0.1) is 28.5 Å². The molecule has 194 valence electrons. The summed E-state index contributed by atoms with van der Waals surface area (Å²) in [7, 11) is -4.33. The fourth-order valence-electron chi connectivity index (χ4n) is 3.13. The highest BCUT2D eigenvalue weighted by molar-refractivity contribution is 7.91. The zero-order chi connectivity index (χ0) is 26.7. The van der Waals surface area contributed by atoms with Crippen LogP contribution in [0.1, 0.15) is 46.3 Å². The van der Waals surface area contributed by atoms with E-state index in [0.717, 1.165) is 16.2 Å². The molecule has 3 aromatic rings. The molecule has 36 heavy (non-hydrogen) atoms. The Balaban J connectivity index is 1.73. The van der Waals surface area contributed by atoms with Crippen LogP contribution in [0.15, 0.2) is 28.7 Å². The van der Waals surface area contributed by atoms with Crippen LogP contribution in [-0.4, -0.2) is 42.6 Å². The van der Waals surface area contributed by atoms with Crippen molar-refractivity contribution in [2.75, 3.05) is 17.7 Å². The molecule has 3 rings (SSSR count). The van der Waals surface area contributed by atoms with Gasteiger partial charge in [-0.3, -0.25) is 4.79 Å². The maximum atomic E-state index is 13.3. The molecule has 1 N–H and O–H groups in total. The lowest BCUT2D eigenvalue weighted by Gasteiger charge is -2.10. The Hall–Kier alpha value is -2.84. The number of amides is 1. The number of anilines is 1. The second-order valence-corrected chi connectivity index (χ2v) is 11.7. The number of aryl methyl sites for hydroxylation is 1. The van der Waals surface area contributed by atoms with Gasteiger partial charge in [0.1, 0.15) is 10.7 Å². The number of halogens is 3. The van der Waals surface area contributed by atoms with Crippen LogP contribution in [0.4, 0.5) is 18.2 Å². The van der Waals surface area contributed by atoms with Gasteiger partial charge in [0.2, 0.25) is 20.9 Å². The number of esters is 1. The van der Waals surface area contributed by atoms with Crippen molar-refractivity contribution in [2.45, 2.75) is 44.9 Å². The summed E-state index contributed by atoms with van der Waals surface area (Å²) in [6.45, 7) is 5.32. The normalized spacial score (nSPS) is 11.9. The first-order valence-electron chi connectivity index (χ1n) is 10.6. The molecule has 0 spiro atoms. The van der Waals surface area contributed by atoms with Gasteiger partial charge in [-0.15, -0.1) is 22.7 Å². The summed E-state index contributed by atoms with van der Waals surface area (Å²) in [6, 6.07) is 3.82. The van der Waals surface area contributed by atoms with Gasteiger partial charge in [0.15, 0.2) is 0 Å². The van der Waals surface area contributed by atoms with Crippen molar-refractivity contribution < 1.29 is 35.9 Å². The maximum absolute atomic E-state index is 13.3. The van der Waals surface area contributed by atoms with Crippen LogP contribution in [0, 0.1) is 13.8 Å². The molecule has 0 aliphatic carbocycles. The van der Waals surface area contributed by atoms with Crippen molar-refractivity contribution in [3.8, 4) is 10.6 Å². The number of alkyl halides is 3. The largest absolute Gasteiger partial charge is 0.462 e. The number of nitrogens with one attached hydrogen (secondary N) is 1. The minimum absolute atomic E-state index is 0.154. The Kier molecular flexibility index (Phi) is 8.52. The first-order valence-corrected chi connectivity index (χ1v) is 14.0. The van der Waals surface area contributed by atoms with Gasteiger partial charge in [0.25, 0.3) is 0 Å². The molecule has 3 aromatic heterocycles. The van der Waals surface area contributed by atoms with E-state index in [1.54, 1.807) is 32.2 Å². The van der Waals surface area contributed by atoms with Crippen LogP contribution in [0.25, 0.3) is 10.6 Å². The number of thiophene rings is 2. The number of rotatable bonds is 9. The van der Waals surface area contributed by atoms with E-state index in [-0.39, 0.29) is 35.7 Å². The number of carbonyl (C=O) groups excluding carboxylic acids is 2. The summed E-state index contributed by atoms with van der Waals surface area (Å²) < 4.78 is 70.6. The van der Waals surface area contributed by atoms with Crippen molar-refractivity contribution in [1.29, 1.82) is 0 Å². The third kappa shape index (κ3) is 6.48. The van der Waals surface area contributed by atoms with Gasteiger partial charge in [0, 0.05) is 11.3 Å². The van der Waals surface area contributed by atoms with E-state index in [9.17, 15) is 31.2 Å². The Bertz CT molecular complexity index is 1370. The molecule has 0 saturated carbocycles. The van der Waals surface area contributed by atoms with Gasteiger partial charge in [-0.2, -0.15) is 13.2 Å². The van der Waals surface area contributed by atoms with Crippen molar-refractivity contribution in [2.24, 2.45) is 0 Å². The van der Waals surface area contributed by atoms with Crippen LogP contribution in [-0.2, 0) is 25.5 Å². The summed E-state index contributed by atoms with van der Waals surface area (Å²) in [6.07, 6.45) is -5.32. The zero-order valence-corrected chi connectivity index (χ0v) is 21.9. The monoisotopic (exact) mass is 561 g/mol. The van der Waals surface area contributed by atoms with Crippen LogP contribution in [0.3, 0.4) is 0 Å². The van der Waals surface area contributed by atoms with Gasteiger partial charge >= 0.3 is 12.1 Å². The topological polar surface area (TPSA) is 115 Å². The van der Waals surface area contributed by atoms with E-state index in [2.05, 4.69) is 15.3 Å². The minimum atomic E-state index is -4.87. The van der Waals surface area contributed by atoms with Crippen LogP contribution in [0.2, 0.25) is 0 Å². The highest BCUT2D eigenvalue weighted by atomic mass is 32.2. The Labute approximate surface area is 213 Å². The highest BCUT2D eigenvalue weighted by Gasteiger charge is 2.35. The second kappa shape index (κ2) is 11.0. The van der Waals surface area contributed by atoms with Crippen LogP contribution in [0.5, 0.6) is 0 Å². The lowest BCUT2D eigenvalue weighted by atomic mass is 10.1. The molecule has 14 heteroatoms. The summed E-state index contributed by atoms with van der Waals surface area (Å²) in [4.78, 5) is 33.0. The van der Waals surface area contributed by atoms with Gasteiger partial charge in [-0.05, 0) is 50.3 Å². The first-order chi connectivity index (χ1) is 16.8. The SMILES string of the molecule is CCOC(=O)c1c(NC(=O)CCCS(=O)(=O)c2nc(-c3cccs3)cc(C(F)(F)F)n2)sc(C)c1C. The summed E-state index contributed by atoms with van der Waals surface area (Å²) in [5, 5.41) is 3.57. The Morgan fingerprint density at radius 3 is 2.53 bits per heavy atom. The number of aromatic nitrogens is 2. The van der Waals surface area contributed by atoms with E-state index in [1.807, 2.05) is 0 Å². The summed E-state index contributed by atoms with van der Waals surface area (Å²) >= 11 is 2.30. The van der Waals surface area contributed by atoms with E-state index < -0.39 is 44.5 Å². The van der Waals surface area contributed by atoms with Crippen molar-refractivity contribution in [3.05, 3.63) is 45.3 Å². The quantitative estimate of drug-likeness (QED) is 0.279. The minimum Gasteiger partial charge on any atom is -0.462 e. The smallest absolute Gasteiger partial charge is 0.433 e. The molecular weight excluding hydrogens is 539 g/mol. The predicted octanol–water partition coefficient (Wildman–Crippen LogP) is 5.27. The maximum Gasteiger partial charge on any atom is 0.433 e. The fraction of sp³-hybridized carbons (Fsp3) is 0.364. The molecule has 0 saturated heterocycles. The highest BCUT2D eigenvalue weighted by Crippen LogP contribution is 2.34. The van der Waals surface area contributed by atoms with Crippen LogP contribution < -0.4 is 5.32 Å². The Morgan fingerprint density at radius 2 is 1.92 bits per heavy atom. The third-order valence-corrected chi connectivity index (χ3v) is 8.56. The van der Waals surface area contributed by atoms with E-state index in [1.165, 1.54) is 17.4 Å². The number of hydrogen-bond donors (Lipinski definition) is 1. The molecule has 0 aliphatic rings. The molecule has 0 fully saturated rings. The first kappa shape index (κ1) is 27.7. The fourth-order valence-corrected chi connectivity index (χ4v) is 6.06. The third-order valence-electron chi connectivity index (χ3n) is 4.98. The average molecular weight is 562 g/mol. The second-order valence-electron chi connectivity index (χ2n) is 7.57. The van der Waals surface area contributed by atoms with E-state index in [4.69, 9.17) is 4.74 Å². The number of ether oxygens (including phenoxy) is 1. The predicted molar refractivity (Wildman–Crippen MR) is 130 cm³/mol. The molecular formula is C22H22F3N3O5S3. The van der Waals surface area contributed by atoms with Crippen molar-refractivity contribution in [3.63, 3.8) is 0 Å². The molecule has 0 radical (unpaired) electrons. The molecule has 0 atom stereocenters. The lowest BCUT2D eigenvalue weighted by molar-refractivity contribution is -0.141.